The maximum Gasteiger partial charge on any atom is 0.237 e. The molecule has 0 atom stereocenters. The molecular formula is C19H17N3O2S2. The number of rotatable bonds is 4. The Hall–Kier alpha value is -2.38. The van der Waals surface area contributed by atoms with Crippen molar-refractivity contribution >= 4 is 55.9 Å². The van der Waals surface area contributed by atoms with Gasteiger partial charge in [-0.3, -0.25) is 9.59 Å². The van der Waals surface area contributed by atoms with E-state index in [1.165, 1.54) is 11.3 Å². The fraction of sp³-hybridized carbons (Fsp3) is 0.211. The van der Waals surface area contributed by atoms with E-state index in [1.807, 2.05) is 49.4 Å². The van der Waals surface area contributed by atoms with Crippen LogP contribution in [0.25, 0.3) is 10.2 Å². The van der Waals surface area contributed by atoms with Crippen LogP contribution in [0, 0.1) is 6.92 Å². The molecule has 0 spiro atoms. The standard InChI is InChI=1S/C19H17N3O2S2/c1-12-5-4-8-15-18(12)21-19(26-15)20-16(23)9-10-22-13-6-2-3-7-14(13)25-11-17(22)24/h2-8H,9-11H2,1H3,(H,20,21,23). The summed E-state index contributed by atoms with van der Waals surface area (Å²) < 4.78 is 1.05. The smallest absolute Gasteiger partial charge is 0.237 e. The zero-order chi connectivity index (χ0) is 18.1. The van der Waals surface area contributed by atoms with E-state index in [9.17, 15) is 9.59 Å². The topological polar surface area (TPSA) is 62.3 Å². The van der Waals surface area contributed by atoms with Crippen LogP contribution in [0.2, 0.25) is 0 Å². The molecule has 0 saturated heterocycles. The number of aryl methyl sites for hydroxylation is 1. The first-order valence-electron chi connectivity index (χ1n) is 8.30. The van der Waals surface area contributed by atoms with Crippen molar-refractivity contribution in [3.8, 4) is 0 Å². The zero-order valence-electron chi connectivity index (χ0n) is 14.2. The molecule has 3 aromatic rings. The number of hydrogen-bond acceptors (Lipinski definition) is 5. The lowest BCUT2D eigenvalue weighted by molar-refractivity contribution is -0.117. The molecule has 2 amide bonds. The van der Waals surface area contributed by atoms with Crippen LogP contribution in [0.15, 0.2) is 47.4 Å². The third kappa shape index (κ3) is 3.32. The van der Waals surface area contributed by atoms with Crippen molar-refractivity contribution in [1.82, 2.24) is 4.98 Å². The Bertz CT molecular complexity index is 999. The quantitative estimate of drug-likeness (QED) is 0.738. The van der Waals surface area contributed by atoms with Crippen LogP contribution in [0.1, 0.15) is 12.0 Å². The predicted octanol–water partition coefficient (Wildman–Crippen LogP) is 4.07. The Balaban J connectivity index is 1.44. The number of carbonyl (C=O) groups is 2. The second-order valence-electron chi connectivity index (χ2n) is 6.04. The van der Waals surface area contributed by atoms with E-state index in [4.69, 9.17) is 0 Å². The lowest BCUT2D eigenvalue weighted by Crippen LogP contribution is -2.37. The van der Waals surface area contributed by atoms with Gasteiger partial charge >= 0.3 is 0 Å². The van der Waals surface area contributed by atoms with Crippen LogP contribution in [0.3, 0.4) is 0 Å². The van der Waals surface area contributed by atoms with Gasteiger partial charge in [-0.15, -0.1) is 11.8 Å². The second-order valence-corrected chi connectivity index (χ2v) is 8.09. The summed E-state index contributed by atoms with van der Waals surface area (Å²) in [7, 11) is 0. The minimum Gasteiger partial charge on any atom is -0.310 e. The van der Waals surface area contributed by atoms with Crippen LogP contribution >= 0.6 is 23.1 Å². The first kappa shape index (κ1) is 17.1. The number of hydrogen-bond donors (Lipinski definition) is 1. The third-order valence-electron chi connectivity index (χ3n) is 4.24. The van der Waals surface area contributed by atoms with Gasteiger partial charge < -0.3 is 10.2 Å². The van der Waals surface area contributed by atoms with E-state index in [0.717, 1.165) is 26.4 Å². The number of aromatic nitrogens is 1. The van der Waals surface area contributed by atoms with E-state index in [0.29, 0.717) is 17.4 Å². The van der Waals surface area contributed by atoms with Crippen molar-refractivity contribution in [2.75, 3.05) is 22.5 Å². The summed E-state index contributed by atoms with van der Waals surface area (Å²) in [6.07, 6.45) is 0.236. The minimum absolute atomic E-state index is 0.0390. The number of thiazole rings is 1. The number of benzene rings is 2. The Morgan fingerprint density at radius 3 is 2.92 bits per heavy atom. The molecular weight excluding hydrogens is 366 g/mol. The summed E-state index contributed by atoms with van der Waals surface area (Å²) in [4.78, 5) is 31.9. The van der Waals surface area contributed by atoms with E-state index >= 15 is 0 Å². The van der Waals surface area contributed by atoms with E-state index < -0.39 is 0 Å². The third-order valence-corrected chi connectivity index (χ3v) is 6.22. The SMILES string of the molecule is Cc1cccc2sc(NC(=O)CCN3C(=O)CSc4ccccc43)nc12. The van der Waals surface area contributed by atoms with Gasteiger partial charge in [0.05, 0.1) is 21.7 Å². The lowest BCUT2D eigenvalue weighted by atomic mass is 10.2. The molecule has 0 saturated carbocycles. The summed E-state index contributed by atoms with van der Waals surface area (Å²) >= 11 is 3.00. The molecule has 132 valence electrons. The molecule has 1 aliphatic rings. The highest BCUT2D eigenvalue weighted by Crippen LogP contribution is 2.35. The number of nitrogens with one attached hydrogen (secondary N) is 1. The molecule has 0 bridgehead atoms. The number of amides is 2. The number of thioether (sulfide) groups is 1. The summed E-state index contributed by atoms with van der Waals surface area (Å²) in [5, 5.41) is 3.46. The number of nitrogens with zero attached hydrogens (tertiary/aromatic N) is 2. The first-order chi connectivity index (χ1) is 12.6. The number of fused-ring (bicyclic) bond motifs is 2. The van der Waals surface area contributed by atoms with Gasteiger partial charge in [0.25, 0.3) is 0 Å². The monoisotopic (exact) mass is 383 g/mol. The molecule has 0 fully saturated rings. The van der Waals surface area contributed by atoms with Gasteiger partial charge in [0, 0.05) is 17.9 Å². The molecule has 0 aliphatic carbocycles. The first-order valence-corrected chi connectivity index (χ1v) is 10.1. The largest absolute Gasteiger partial charge is 0.310 e. The molecule has 5 nitrogen and oxygen atoms in total. The Labute approximate surface area is 159 Å². The van der Waals surface area contributed by atoms with Gasteiger partial charge in [-0.2, -0.15) is 0 Å². The summed E-state index contributed by atoms with van der Waals surface area (Å²) in [6, 6.07) is 13.8. The van der Waals surface area contributed by atoms with Crippen molar-refractivity contribution in [3.63, 3.8) is 0 Å². The highest BCUT2D eigenvalue weighted by molar-refractivity contribution is 8.00. The van der Waals surface area contributed by atoms with Gasteiger partial charge in [0.2, 0.25) is 11.8 Å². The zero-order valence-corrected chi connectivity index (χ0v) is 15.8. The Kier molecular flexibility index (Phi) is 4.65. The average Bonchev–Trinajstić information content (AvgIpc) is 3.05. The normalized spacial score (nSPS) is 13.7. The highest BCUT2D eigenvalue weighted by atomic mass is 32.2. The van der Waals surface area contributed by atoms with Crippen molar-refractivity contribution < 1.29 is 9.59 Å². The molecule has 0 radical (unpaired) electrons. The van der Waals surface area contributed by atoms with Crippen molar-refractivity contribution in [1.29, 1.82) is 0 Å². The fourth-order valence-electron chi connectivity index (χ4n) is 2.93. The van der Waals surface area contributed by atoms with Crippen molar-refractivity contribution in [3.05, 3.63) is 48.0 Å². The van der Waals surface area contributed by atoms with E-state index in [-0.39, 0.29) is 18.2 Å². The van der Waals surface area contributed by atoms with Crippen LogP contribution in [-0.2, 0) is 9.59 Å². The molecule has 7 heteroatoms. The second kappa shape index (κ2) is 7.09. The van der Waals surface area contributed by atoms with Crippen LogP contribution < -0.4 is 10.2 Å². The molecule has 2 aromatic carbocycles. The summed E-state index contributed by atoms with van der Waals surface area (Å²) in [5.41, 5.74) is 2.90. The van der Waals surface area contributed by atoms with E-state index in [1.54, 1.807) is 16.7 Å². The van der Waals surface area contributed by atoms with Crippen molar-refractivity contribution in [2.45, 2.75) is 18.2 Å². The van der Waals surface area contributed by atoms with Gasteiger partial charge in [-0.1, -0.05) is 35.6 Å². The molecule has 0 unspecified atom stereocenters. The van der Waals surface area contributed by atoms with Gasteiger partial charge in [0.1, 0.15) is 0 Å². The molecule has 1 aliphatic heterocycles. The summed E-state index contributed by atoms with van der Waals surface area (Å²) in [5.74, 6) is 0.317. The molecule has 26 heavy (non-hydrogen) atoms. The maximum absolute atomic E-state index is 12.3. The van der Waals surface area contributed by atoms with Gasteiger partial charge in [0.15, 0.2) is 5.13 Å². The molecule has 1 aromatic heterocycles. The number of anilines is 2. The Morgan fingerprint density at radius 2 is 2.08 bits per heavy atom. The average molecular weight is 383 g/mol. The van der Waals surface area contributed by atoms with Crippen molar-refractivity contribution in [2.24, 2.45) is 0 Å². The molecule has 2 heterocycles. The molecule has 4 rings (SSSR count). The minimum atomic E-state index is -0.134. The summed E-state index contributed by atoms with van der Waals surface area (Å²) in [6.45, 7) is 2.37. The Morgan fingerprint density at radius 1 is 1.23 bits per heavy atom. The highest BCUT2D eigenvalue weighted by Gasteiger charge is 2.24. The van der Waals surface area contributed by atoms with Crippen LogP contribution in [0.4, 0.5) is 10.8 Å². The number of carbonyl (C=O) groups excluding carboxylic acids is 2. The fourth-order valence-corrected chi connectivity index (χ4v) is 4.83. The number of para-hydroxylation sites is 2. The molecule has 1 N–H and O–H groups in total. The van der Waals surface area contributed by atoms with Gasteiger partial charge in [-0.05, 0) is 30.7 Å². The van der Waals surface area contributed by atoms with Crippen LogP contribution in [-0.4, -0.2) is 29.1 Å². The lowest BCUT2D eigenvalue weighted by Gasteiger charge is -2.28. The van der Waals surface area contributed by atoms with Crippen LogP contribution in [0.5, 0.6) is 0 Å². The predicted molar refractivity (Wildman–Crippen MR) is 107 cm³/mol. The van der Waals surface area contributed by atoms with Gasteiger partial charge in [-0.25, -0.2) is 4.98 Å². The van der Waals surface area contributed by atoms with E-state index in [2.05, 4.69) is 10.3 Å². The maximum atomic E-state index is 12.3.